The number of imidazole rings is 1. The van der Waals surface area contributed by atoms with E-state index in [1.807, 2.05) is 17.7 Å². The number of nitrogens with zero attached hydrogens (tertiary/aromatic N) is 3. The molecular formula is C9H15N3O. The molecule has 0 radical (unpaired) electrons. The zero-order valence-corrected chi connectivity index (χ0v) is 8.32. The molecule has 4 nitrogen and oxygen atoms in total. The minimum atomic E-state index is 0.0905. The van der Waals surface area contributed by atoms with Crippen LogP contribution in [0.4, 0.5) is 0 Å². The van der Waals surface area contributed by atoms with Crippen LogP contribution in [0.2, 0.25) is 0 Å². The number of hydrogen-bond donors (Lipinski definition) is 0. The Hall–Kier alpha value is -1.32. The molecule has 4 heteroatoms. The Morgan fingerprint density at radius 3 is 2.85 bits per heavy atom. The summed E-state index contributed by atoms with van der Waals surface area (Å²) in [6, 6.07) is 0. The maximum absolute atomic E-state index is 11.4. The highest BCUT2D eigenvalue weighted by Gasteiger charge is 2.07. The molecule has 0 N–H and O–H groups in total. The van der Waals surface area contributed by atoms with Gasteiger partial charge in [0, 0.05) is 32.9 Å². The summed E-state index contributed by atoms with van der Waals surface area (Å²) >= 11 is 0. The van der Waals surface area contributed by atoms with E-state index in [1.54, 1.807) is 25.2 Å². The second-order valence-electron chi connectivity index (χ2n) is 3.11. The van der Waals surface area contributed by atoms with Crippen LogP contribution in [0.25, 0.3) is 0 Å². The largest absolute Gasteiger partial charge is 0.347 e. The average molecular weight is 181 g/mol. The fraction of sp³-hybridized carbons (Fsp3) is 0.556. The lowest BCUT2D eigenvalue weighted by atomic mass is 10.4. The minimum Gasteiger partial charge on any atom is -0.347 e. The van der Waals surface area contributed by atoms with E-state index in [2.05, 4.69) is 4.98 Å². The summed E-state index contributed by atoms with van der Waals surface area (Å²) in [5, 5.41) is 0. The Balaban J connectivity index is 2.68. The minimum absolute atomic E-state index is 0.0905. The van der Waals surface area contributed by atoms with Crippen molar-refractivity contribution in [3.63, 3.8) is 0 Å². The average Bonchev–Trinajstić information content (AvgIpc) is 2.51. The lowest BCUT2D eigenvalue weighted by Gasteiger charge is -2.11. The van der Waals surface area contributed by atoms with Crippen molar-refractivity contribution in [1.29, 1.82) is 0 Å². The number of rotatable bonds is 3. The molecule has 1 rings (SSSR count). The van der Waals surface area contributed by atoms with Crippen LogP contribution in [0.3, 0.4) is 0 Å². The smallest absolute Gasteiger partial charge is 0.242 e. The molecule has 0 atom stereocenters. The first-order valence-corrected chi connectivity index (χ1v) is 4.35. The van der Waals surface area contributed by atoms with E-state index in [-0.39, 0.29) is 5.91 Å². The first-order valence-electron chi connectivity index (χ1n) is 4.35. The molecule has 1 aromatic rings. The van der Waals surface area contributed by atoms with Crippen molar-refractivity contribution in [1.82, 2.24) is 14.5 Å². The standard InChI is InChI=1S/C9H15N3O/c1-4-8-10-5-6-12(8)7-9(13)11(2)3/h5-6H,4,7H2,1-3H3. The molecule has 13 heavy (non-hydrogen) atoms. The summed E-state index contributed by atoms with van der Waals surface area (Å²) in [6.07, 6.45) is 4.41. The van der Waals surface area contributed by atoms with Gasteiger partial charge >= 0.3 is 0 Å². The van der Waals surface area contributed by atoms with E-state index in [0.717, 1.165) is 12.2 Å². The molecule has 1 heterocycles. The Morgan fingerprint density at radius 1 is 1.62 bits per heavy atom. The molecule has 1 aromatic heterocycles. The SMILES string of the molecule is CCc1nccn1CC(=O)N(C)C. The van der Waals surface area contributed by atoms with Crippen molar-refractivity contribution in [3.05, 3.63) is 18.2 Å². The molecule has 1 amide bonds. The summed E-state index contributed by atoms with van der Waals surface area (Å²) in [4.78, 5) is 17.1. The van der Waals surface area contributed by atoms with Crippen LogP contribution < -0.4 is 0 Å². The van der Waals surface area contributed by atoms with Gasteiger partial charge in [-0.25, -0.2) is 4.98 Å². The number of hydrogen-bond acceptors (Lipinski definition) is 2. The molecule has 0 saturated heterocycles. The van der Waals surface area contributed by atoms with Crippen LogP contribution in [0.15, 0.2) is 12.4 Å². The highest BCUT2D eigenvalue weighted by Crippen LogP contribution is 1.98. The lowest BCUT2D eigenvalue weighted by Crippen LogP contribution is -2.26. The van der Waals surface area contributed by atoms with Gasteiger partial charge in [-0.3, -0.25) is 4.79 Å². The van der Waals surface area contributed by atoms with Crippen LogP contribution in [-0.4, -0.2) is 34.5 Å². The normalized spacial score (nSPS) is 10.1. The molecule has 0 aliphatic carbocycles. The van der Waals surface area contributed by atoms with Gasteiger partial charge in [0.2, 0.25) is 5.91 Å². The van der Waals surface area contributed by atoms with Gasteiger partial charge < -0.3 is 9.47 Å². The number of aryl methyl sites for hydroxylation is 1. The van der Waals surface area contributed by atoms with Crippen LogP contribution in [0, 0.1) is 0 Å². The molecule has 0 saturated carbocycles. The highest BCUT2D eigenvalue weighted by molar-refractivity contribution is 5.75. The summed E-state index contributed by atoms with van der Waals surface area (Å²) in [7, 11) is 3.51. The molecule has 0 aliphatic rings. The van der Waals surface area contributed by atoms with Crippen molar-refractivity contribution in [2.24, 2.45) is 0 Å². The number of carbonyl (C=O) groups excluding carboxylic acids is 1. The number of likely N-dealkylation sites (N-methyl/N-ethyl adjacent to an activating group) is 1. The second-order valence-corrected chi connectivity index (χ2v) is 3.11. The fourth-order valence-corrected chi connectivity index (χ4v) is 1.09. The fourth-order valence-electron chi connectivity index (χ4n) is 1.09. The first kappa shape index (κ1) is 9.77. The number of carbonyl (C=O) groups is 1. The van der Waals surface area contributed by atoms with E-state index in [1.165, 1.54) is 0 Å². The lowest BCUT2D eigenvalue weighted by molar-refractivity contribution is -0.129. The zero-order valence-electron chi connectivity index (χ0n) is 8.32. The molecule has 0 unspecified atom stereocenters. The van der Waals surface area contributed by atoms with Crippen LogP contribution in [0.1, 0.15) is 12.7 Å². The monoisotopic (exact) mass is 181 g/mol. The predicted octanol–water partition coefficient (Wildman–Crippen LogP) is 0.534. The maximum atomic E-state index is 11.4. The van der Waals surface area contributed by atoms with Gasteiger partial charge in [0.05, 0.1) is 0 Å². The van der Waals surface area contributed by atoms with Gasteiger partial charge in [-0.15, -0.1) is 0 Å². The second kappa shape index (κ2) is 4.07. The summed E-state index contributed by atoms with van der Waals surface area (Å²) in [5.41, 5.74) is 0. The van der Waals surface area contributed by atoms with Crippen LogP contribution >= 0.6 is 0 Å². The maximum Gasteiger partial charge on any atom is 0.242 e. The molecule has 0 aromatic carbocycles. The third kappa shape index (κ3) is 2.31. The number of amides is 1. The van der Waals surface area contributed by atoms with Crippen molar-refractivity contribution in [2.75, 3.05) is 14.1 Å². The quantitative estimate of drug-likeness (QED) is 0.682. The van der Waals surface area contributed by atoms with Crippen molar-refractivity contribution < 1.29 is 4.79 Å². The number of aromatic nitrogens is 2. The predicted molar refractivity (Wildman–Crippen MR) is 50.3 cm³/mol. The molecule has 0 fully saturated rings. The van der Waals surface area contributed by atoms with Gasteiger partial charge in [-0.2, -0.15) is 0 Å². The highest BCUT2D eigenvalue weighted by atomic mass is 16.2. The molecule has 0 bridgehead atoms. The van der Waals surface area contributed by atoms with Gasteiger partial charge in [-0.05, 0) is 0 Å². The van der Waals surface area contributed by atoms with Crippen molar-refractivity contribution in [3.8, 4) is 0 Å². The third-order valence-electron chi connectivity index (χ3n) is 1.92. The summed E-state index contributed by atoms with van der Waals surface area (Å²) in [5.74, 6) is 1.04. The first-order chi connectivity index (χ1) is 6.15. The van der Waals surface area contributed by atoms with E-state index >= 15 is 0 Å². The molecule has 0 aliphatic heterocycles. The third-order valence-corrected chi connectivity index (χ3v) is 1.92. The molecular weight excluding hydrogens is 166 g/mol. The Labute approximate surface area is 78.2 Å². The van der Waals surface area contributed by atoms with E-state index in [0.29, 0.717) is 6.54 Å². The van der Waals surface area contributed by atoms with Gasteiger partial charge in [0.15, 0.2) is 0 Å². The van der Waals surface area contributed by atoms with Gasteiger partial charge in [0.1, 0.15) is 12.4 Å². The van der Waals surface area contributed by atoms with Crippen LogP contribution in [-0.2, 0) is 17.8 Å². The van der Waals surface area contributed by atoms with E-state index in [9.17, 15) is 4.79 Å². The summed E-state index contributed by atoms with van der Waals surface area (Å²) in [6.45, 7) is 2.41. The van der Waals surface area contributed by atoms with Crippen molar-refractivity contribution in [2.45, 2.75) is 19.9 Å². The zero-order chi connectivity index (χ0) is 9.84. The Kier molecular flexibility index (Phi) is 3.06. The Bertz CT molecular complexity index is 291. The van der Waals surface area contributed by atoms with E-state index < -0.39 is 0 Å². The Morgan fingerprint density at radius 2 is 2.31 bits per heavy atom. The van der Waals surface area contributed by atoms with Crippen LogP contribution in [0.5, 0.6) is 0 Å². The molecule has 0 spiro atoms. The van der Waals surface area contributed by atoms with Gasteiger partial charge in [0.25, 0.3) is 0 Å². The summed E-state index contributed by atoms with van der Waals surface area (Å²) < 4.78 is 1.88. The van der Waals surface area contributed by atoms with Crippen molar-refractivity contribution >= 4 is 5.91 Å². The van der Waals surface area contributed by atoms with Gasteiger partial charge in [-0.1, -0.05) is 6.92 Å². The van der Waals surface area contributed by atoms with E-state index in [4.69, 9.17) is 0 Å². The molecule has 72 valence electrons. The topological polar surface area (TPSA) is 38.1 Å².